The highest BCUT2D eigenvalue weighted by Gasteiger charge is 2.30. The fourth-order valence-electron chi connectivity index (χ4n) is 9.39. The van der Waals surface area contributed by atoms with Gasteiger partial charge in [0.1, 0.15) is 35.2 Å². The Hall–Kier alpha value is -6.94. The maximum atomic E-state index is 15.7. The first-order valence-corrected chi connectivity index (χ1v) is 21.8. The average molecular weight is 869 g/mol. The third kappa shape index (κ3) is 8.57. The number of urea groups is 1. The molecule has 6 aromatic rings. The molecule has 16 heteroatoms. The Balaban J connectivity index is 0.864. The topological polar surface area (TPSA) is 164 Å². The fourth-order valence-corrected chi connectivity index (χ4v) is 9.39. The molecular formula is C48H50F2N10O4. The predicted octanol–water partition coefficient (Wildman–Crippen LogP) is 7.48. The molecule has 14 nitrogen and oxygen atoms in total. The number of amides is 4. The number of hydrogen-bond acceptors (Lipinski definition) is 10. The second-order valence-corrected chi connectivity index (χ2v) is 16.8. The molecule has 9 rings (SSSR count). The Labute approximate surface area is 369 Å². The third-order valence-electron chi connectivity index (χ3n) is 12.8. The molecule has 330 valence electrons. The van der Waals surface area contributed by atoms with Crippen molar-refractivity contribution in [3.63, 3.8) is 0 Å². The number of likely N-dealkylation sites (tertiary alicyclic amines) is 1. The number of imide groups is 1. The largest absolute Gasteiger partial charge is 0.496 e. The summed E-state index contributed by atoms with van der Waals surface area (Å²) >= 11 is 0. The van der Waals surface area contributed by atoms with Crippen molar-refractivity contribution < 1.29 is 27.9 Å². The van der Waals surface area contributed by atoms with Crippen molar-refractivity contribution in [3.05, 3.63) is 119 Å². The quantitative estimate of drug-likeness (QED) is 0.119. The Morgan fingerprint density at radius 2 is 1.70 bits per heavy atom. The Morgan fingerprint density at radius 3 is 2.45 bits per heavy atom. The van der Waals surface area contributed by atoms with Crippen LogP contribution in [0.25, 0.3) is 28.0 Å². The van der Waals surface area contributed by atoms with Crippen LogP contribution in [-0.2, 0) is 11.3 Å². The number of carbonyl (C=O) groups excluding carboxylic acids is 3. The van der Waals surface area contributed by atoms with Gasteiger partial charge in [-0.25, -0.2) is 28.2 Å². The molecule has 0 saturated carbocycles. The number of ether oxygens (including phenoxy) is 1. The van der Waals surface area contributed by atoms with E-state index >= 15 is 4.39 Å². The van der Waals surface area contributed by atoms with Crippen molar-refractivity contribution in [1.29, 1.82) is 0 Å². The first kappa shape index (κ1) is 42.4. The van der Waals surface area contributed by atoms with E-state index in [-0.39, 0.29) is 41.2 Å². The number of benzene rings is 4. The van der Waals surface area contributed by atoms with E-state index in [0.29, 0.717) is 47.2 Å². The van der Waals surface area contributed by atoms with E-state index in [1.807, 2.05) is 25.1 Å². The number of hydrogen-bond donors (Lipinski definition) is 3. The minimum Gasteiger partial charge on any atom is -0.496 e. The van der Waals surface area contributed by atoms with Gasteiger partial charge in [-0.05, 0) is 111 Å². The molecule has 0 radical (unpaired) electrons. The minimum atomic E-state index is -0.600. The molecule has 3 fully saturated rings. The summed E-state index contributed by atoms with van der Waals surface area (Å²) in [5.74, 6) is -1.00. The van der Waals surface area contributed by atoms with Crippen molar-refractivity contribution in [1.82, 2.24) is 35.3 Å². The summed E-state index contributed by atoms with van der Waals surface area (Å²) in [6.07, 6.45) is 7.29. The van der Waals surface area contributed by atoms with Crippen molar-refractivity contribution in [3.8, 4) is 22.7 Å². The Bertz CT molecular complexity index is 2740. The van der Waals surface area contributed by atoms with Crippen LogP contribution in [0.1, 0.15) is 71.6 Å². The monoisotopic (exact) mass is 868 g/mol. The number of piperidine rings is 2. The van der Waals surface area contributed by atoms with Gasteiger partial charge in [0.25, 0.3) is 5.91 Å². The molecule has 4 amide bonds. The molecule has 3 aliphatic heterocycles. The molecule has 3 aliphatic rings. The molecular weight excluding hydrogens is 819 g/mol. The number of rotatable bonds is 11. The number of methoxy groups -OCH3 is 1. The van der Waals surface area contributed by atoms with E-state index in [2.05, 4.69) is 54.7 Å². The van der Waals surface area contributed by atoms with Crippen LogP contribution in [0.5, 0.6) is 5.75 Å². The van der Waals surface area contributed by atoms with Crippen molar-refractivity contribution >= 4 is 46.1 Å². The van der Waals surface area contributed by atoms with E-state index in [9.17, 15) is 18.8 Å². The van der Waals surface area contributed by atoms with Gasteiger partial charge in [-0.2, -0.15) is 5.10 Å². The van der Waals surface area contributed by atoms with E-state index in [4.69, 9.17) is 15.6 Å². The number of halogens is 2. The molecule has 0 spiro atoms. The lowest BCUT2D eigenvalue weighted by Gasteiger charge is -2.41. The van der Waals surface area contributed by atoms with Crippen molar-refractivity contribution in [2.45, 2.75) is 58.0 Å². The molecule has 1 atom stereocenters. The van der Waals surface area contributed by atoms with Crippen LogP contribution in [0.4, 0.5) is 30.8 Å². The summed E-state index contributed by atoms with van der Waals surface area (Å²) < 4.78 is 36.4. The fraction of sp³-hybridized carbons (Fsp3) is 0.333. The van der Waals surface area contributed by atoms with Gasteiger partial charge in [0.2, 0.25) is 5.91 Å². The molecule has 4 aromatic carbocycles. The third-order valence-corrected chi connectivity index (χ3v) is 12.8. The van der Waals surface area contributed by atoms with Gasteiger partial charge in [-0.15, -0.1) is 0 Å². The lowest BCUT2D eigenvalue weighted by atomic mass is 9.90. The molecule has 5 heterocycles. The Morgan fingerprint density at radius 1 is 0.906 bits per heavy atom. The normalized spacial score (nSPS) is 17.5. The predicted molar refractivity (Wildman–Crippen MR) is 240 cm³/mol. The van der Waals surface area contributed by atoms with E-state index in [1.165, 1.54) is 50.0 Å². The molecule has 0 bridgehead atoms. The van der Waals surface area contributed by atoms with Crippen LogP contribution >= 0.6 is 0 Å². The number of carbonyl (C=O) groups is 3. The van der Waals surface area contributed by atoms with E-state index in [0.717, 1.165) is 74.1 Å². The van der Waals surface area contributed by atoms with E-state index < -0.39 is 17.5 Å². The highest BCUT2D eigenvalue weighted by Crippen LogP contribution is 2.37. The number of aromatic nitrogens is 4. The lowest BCUT2D eigenvalue weighted by molar-refractivity contribution is -0.120. The molecule has 1 unspecified atom stereocenters. The van der Waals surface area contributed by atoms with E-state index in [1.54, 1.807) is 21.7 Å². The minimum absolute atomic E-state index is 0.00752. The number of nitrogens with one attached hydrogen (secondary N) is 2. The molecule has 0 aliphatic carbocycles. The number of nitrogens with zero attached hydrogens (tertiary/aromatic N) is 7. The molecule has 4 N–H and O–H groups in total. The van der Waals surface area contributed by atoms with Crippen LogP contribution in [0.2, 0.25) is 0 Å². The van der Waals surface area contributed by atoms with Crippen LogP contribution in [0.3, 0.4) is 0 Å². The highest BCUT2D eigenvalue weighted by atomic mass is 19.1. The smallest absolute Gasteiger partial charge is 0.328 e. The number of anilines is 3. The number of nitrogens with two attached hydrogens (primary N) is 1. The molecule has 3 saturated heterocycles. The van der Waals surface area contributed by atoms with Gasteiger partial charge in [-0.1, -0.05) is 30.7 Å². The van der Waals surface area contributed by atoms with Gasteiger partial charge in [0.05, 0.1) is 23.7 Å². The zero-order chi connectivity index (χ0) is 44.5. The Kier molecular flexibility index (Phi) is 11.9. The van der Waals surface area contributed by atoms with Gasteiger partial charge < -0.3 is 20.7 Å². The summed E-state index contributed by atoms with van der Waals surface area (Å²) in [5.41, 5.74) is 13.0. The SMILES string of the molecule is COc1ccc(F)cc1C(=O)NCc1ccc(-c2nn(-c3ccc(C4CCCCN4CC4CCN(c5ccc(N6CCC(=O)NC6=O)c(C)c5)CC4)cc3)c3ncnc(N)c23)cc1F. The zero-order valence-corrected chi connectivity index (χ0v) is 35.8. The van der Waals surface area contributed by atoms with Crippen LogP contribution < -0.4 is 30.9 Å². The summed E-state index contributed by atoms with van der Waals surface area (Å²) in [6, 6.07) is 22.8. The second kappa shape index (κ2) is 18.0. The van der Waals surface area contributed by atoms with Crippen molar-refractivity contribution in [2.75, 3.05) is 55.4 Å². The maximum Gasteiger partial charge on any atom is 0.328 e. The van der Waals surface area contributed by atoms with Gasteiger partial charge in [-0.3, -0.25) is 24.7 Å². The molecule has 64 heavy (non-hydrogen) atoms. The first-order chi connectivity index (χ1) is 31.0. The standard InChI is InChI=1S/C48H50F2N10O4/c1-29-23-36(13-14-39(29)59-22-18-42(61)55-48(59)63)57-20-16-30(17-21-57)27-58-19-4-3-5-40(58)31-8-11-35(12-9-31)60-46-43(45(51)53-28-54-46)44(56-60)32-6-7-33(38(50)24-32)26-52-47(62)37-25-34(49)10-15-41(37)64-2/h6-15,23-25,28,30,40H,3-5,16-22,26-27H2,1-2H3,(H,52,62)(H2,51,53,54)(H,55,61,63). The van der Waals surface area contributed by atoms with Gasteiger partial charge in [0, 0.05) is 67.7 Å². The summed E-state index contributed by atoms with van der Waals surface area (Å²) in [5, 5.41) is 10.5. The zero-order valence-electron chi connectivity index (χ0n) is 35.8. The number of fused-ring (bicyclic) bond motifs is 1. The molecule has 2 aromatic heterocycles. The second-order valence-electron chi connectivity index (χ2n) is 16.8. The first-order valence-electron chi connectivity index (χ1n) is 21.8. The van der Waals surface area contributed by atoms with Crippen LogP contribution in [-0.4, -0.2) is 82.3 Å². The van der Waals surface area contributed by atoms with Crippen LogP contribution in [0, 0.1) is 24.5 Å². The maximum absolute atomic E-state index is 15.7. The van der Waals surface area contributed by atoms with Gasteiger partial charge in [0.15, 0.2) is 5.65 Å². The summed E-state index contributed by atoms with van der Waals surface area (Å²) in [4.78, 5) is 52.5. The highest BCUT2D eigenvalue weighted by molar-refractivity contribution is 6.06. The summed E-state index contributed by atoms with van der Waals surface area (Å²) in [7, 11) is 1.38. The number of nitrogen functional groups attached to an aromatic ring is 1. The average Bonchev–Trinajstić information content (AvgIpc) is 3.70. The summed E-state index contributed by atoms with van der Waals surface area (Å²) in [6.45, 7) is 6.28. The van der Waals surface area contributed by atoms with Crippen LogP contribution in [0.15, 0.2) is 85.2 Å². The number of aryl methyl sites for hydroxylation is 1. The van der Waals surface area contributed by atoms with Crippen molar-refractivity contribution in [2.24, 2.45) is 5.92 Å². The van der Waals surface area contributed by atoms with Gasteiger partial charge >= 0.3 is 6.03 Å². The lowest BCUT2D eigenvalue weighted by Crippen LogP contribution is -2.49.